The van der Waals surface area contributed by atoms with Crippen LogP contribution in [0.4, 0.5) is 0 Å². The molecule has 0 bridgehead atoms. The summed E-state index contributed by atoms with van der Waals surface area (Å²) in [5.74, 6) is 0. The van der Waals surface area contributed by atoms with E-state index in [-0.39, 0.29) is 0 Å². The lowest BCUT2D eigenvalue weighted by Gasteiger charge is -2.17. The minimum atomic E-state index is -1.05. The van der Waals surface area contributed by atoms with Crippen molar-refractivity contribution in [3.05, 3.63) is 35.6 Å². The Labute approximate surface area is 70.3 Å². The molecule has 60 valence electrons. The number of hydrogen-bond acceptors (Lipinski definition) is 0. The van der Waals surface area contributed by atoms with Gasteiger partial charge in [0.05, 0.1) is 8.07 Å². The second kappa shape index (κ2) is 3.22. The maximum Gasteiger partial charge on any atom is 0.0771 e. The summed E-state index contributed by atoms with van der Waals surface area (Å²) < 4.78 is 0. The highest BCUT2D eigenvalue weighted by Gasteiger charge is 2.16. The summed E-state index contributed by atoms with van der Waals surface area (Å²) >= 11 is 0. The van der Waals surface area contributed by atoms with E-state index in [0.717, 1.165) is 6.42 Å². The van der Waals surface area contributed by atoms with E-state index in [1.165, 1.54) is 0 Å². The fraction of sp³-hybridized carbons (Fsp3) is 0.400. The van der Waals surface area contributed by atoms with Gasteiger partial charge in [-0.1, -0.05) is 55.2 Å². The Morgan fingerprint density at radius 1 is 1.18 bits per heavy atom. The average molecular weight is 164 g/mol. The molecule has 1 aliphatic rings. The molecule has 0 aromatic carbocycles. The lowest BCUT2D eigenvalue weighted by molar-refractivity contribution is 1.39. The molecule has 11 heavy (non-hydrogen) atoms. The van der Waals surface area contributed by atoms with Gasteiger partial charge in [0, 0.05) is 0 Å². The fourth-order valence-electron chi connectivity index (χ4n) is 1.14. The molecule has 1 heteroatoms. The molecule has 0 saturated heterocycles. The molecule has 0 unspecified atom stereocenters. The zero-order valence-electron chi connectivity index (χ0n) is 7.59. The van der Waals surface area contributed by atoms with Crippen LogP contribution in [0, 0.1) is 0 Å². The Bertz CT molecular complexity index is 214. The summed E-state index contributed by atoms with van der Waals surface area (Å²) in [4.78, 5) is 0. The van der Waals surface area contributed by atoms with E-state index >= 15 is 0 Å². The topological polar surface area (TPSA) is 0 Å². The van der Waals surface area contributed by atoms with Gasteiger partial charge in [-0.2, -0.15) is 0 Å². The van der Waals surface area contributed by atoms with Crippen LogP contribution in [0.3, 0.4) is 0 Å². The summed E-state index contributed by atoms with van der Waals surface area (Å²) in [5.41, 5.74) is 0. The molecule has 0 amide bonds. The largest absolute Gasteiger partial charge is 0.0815 e. The van der Waals surface area contributed by atoms with Crippen LogP contribution in [0.5, 0.6) is 0 Å². The van der Waals surface area contributed by atoms with Gasteiger partial charge in [0.2, 0.25) is 0 Å². The fourth-order valence-corrected chi connectivity index (χ4v) is 2.46. The predicted octanol–water partition coefficient (Wildman–Crippen LogP) is 3.31. The minimum absolute atomic E-state index is 1.05. The molecule has 0 saturated carbocycles. The lowest BCUT2D eigenvalue weighted by atomic mass is 10.4. The zero-order chi connectivity index (χ0) is 8.32. The first-order valence-electron chi connectivity index (χ1n) is 4.14. The summed E-state index contributed by atoms with van der Waals surface area (Å²) in [7, 11) is -1.05. The summed E-state index contributed by atoms with van der Waals surface area (Å²) in [6.07, 6.45) is 12.2. The maximum absolute atomic E-state index is 2.38. The van der Waals surface area contributed by atoms with E-state index in [1.807, 2.05) is 0 Å². The molecule has 0 radical (unpaired) electrons. The zero-order valence-corrected chi connectivity index (χ0v) is 8.59. The quantitative estimate of drug-likeness (QED) is 0.522. The summed E-state index contributed by atoms with van der Waals surface area (Å²) in [5, 5.41) is 1.57. The first kappa shape index (κ1) is 8.53. The van der Waals surface area contributed by atoms with E-state index in [0.29, 0.717) is 0 Å². The van der Waals surface area contributed by atoms with Crippen LogP contribution in [-0.2, 0) is 0 Å². The van der Waals surface area contributed by atoms with E-state index in [2.05, 4.69) is 50.0 Å². The maximum atomic E-state index is 2.38. The highest BCUT2D eigenvalue weighted by atomic mass is 28.3. The van der Waals surface area contributed by atoms with Crippen molar-refractivity contribution in [2.75, 3.05) is 0 Å². The van der Waals surface area contributed by atoms with Gasteiger partial charge in [-0.25, -0.2) is 0 Å². The lowest BCUT2D eigenvalue weighted by Crippen LogP contribution is -2.22. The van der Waals surface area contributed by atoms with Gasteiger partial charge in [-0.3, -0.25) is 0 Å². The first-order valence-corrected chi connectivity index (χ1v) is 7.64. The Hall–Kier alpha value is -0.563. The van der Waals surface area contributed by atoms with Crippen LogP contribution in [-0.4, -0.2) is 8.07 Å². The van der Waals surface area contributed by atoms with E-state index < -0.39 is 8.07 Å². The van der Waals surface area contributed by atoms with Crippen molar-refractivity contribution in [2.24, 2.45) is 0 Å². The van der Waals surface area contributed by atoms with E-state index in [1.54, 1.807) is 5.20 Å². The molecule has 0 spiro atoms. The van der Waals surface area contributed by atoms with Crippen LogP contribution in [0.2, 0.25) is 19.6 Å². The summed E-state index contributed by atoms with van der Waals surface area (Å²) in [6, 6.07) is 0. The van der Waals surface area contributed by atoms with Gasteiger partial charge in [0.1, 0.15) is 0 Å². The first-order chi connectivity index (χ1) is 5.11. The van der Waals surface area contributed by atoms with Crippen molar-refractivity contribution in [3.8, 4) is 0 Å². The van der Waals surface area contributed by atoms with Gasteiger partial charge in [0.25, 0.3) is 0 Å². The normalized spacial score (nSPS) is 17.9. The SMILES string of the molecule is C[Si](C)(C)C1=CCC=CC=C1. The van der Waals surface area contributed by atoms with Gasteiger partial charge < -0.3 is 0 Å². The molecular formula is C10H16Si. The van der Waals surface area contributed by atoms with Gasteiger partial charge >= 0.3 is 0 Å². The second-order valence-corrected chi connectivity index (χ2v) is 9.01. The number of rotatable bonds is 1. The Kier molecular flexibility index (Phi) is 2.50. The summed E-state index contributed by atoms with van der Waals surface area (Å²) in [6.45, 7) is 7.15. The van der Waals surface area contributed by atoms with E-state index in [9.17, 15) is 0 Å². The third-order valence-electron chi connectivity index (χ3n) is 1.86. The van der Waals surface area contributed by atoms with Crippen LogP contribution in [0.1, 0.15) is 6.42 Å². The predicted molar refractivity (Wildman–Crippen MR) is 54.3 cm³/mol. The van der Waals surface area contributed by atoms with Crippen molar-refractivity contribution in [1.29, 1.82) is 0 Å². The standard InChI is InChI=1S/C10H16Si/c1-11(2,3)10-8-6-4-5-7-9-10/h4-6,8-9H,7H2,1-3H3. The highest BCUT2D eigenvalue weighted by Crippen LogP contribution is 2.18. The van der Waals surface area contributed by atoms with Crippen LogP contribution < -0.4 is 0 Å². The number of allylic oxidation sites excluding steroid dienone is 6. The minimum Gasteiger partial charge on any atom is -0.0815 e. The Balaban J connectivity index is 2.81. The molecule has 1 aliphatic carbocycles. The Morgan fingerprint density at radius 2 is 1.91 bits per heavy atom. The van der Waals surface area contributed by atoms with E-state index in [4.69, 9.17) is 0 Å². The third kappa shape index (κ3) is 2.50. The highest BCUT2D eigenvalue weighted by molar-refractivity contribution is 6.83. The average Bonchev–Trinajstić information content (AvgIpc) is 2.10. The van der Waals surface area contributed by atoms with Crippen molar-refractivity contribution in [3.63, 3.8) is 0 Å². The van der Waals surface area contributed by atoms with Crippen molar-refractivity contribution in [1.82, 2.24) is 0 Å². The Morgan fingerprint density at radius 3 is 2.55 bits per heavy atom. The molecule has 1 rings (SSSR count). The molecule has 0 nitrogen and oxygen atoms in total. The molecule has 0 atom stereocenters. The van der Waals surface area contributed by atoms with Crippen molar-refractivity contribution in [2.45, 2.75) is 26.1 Å². The van der Waals surface area contributed by atoms with Crippen molar-refractivity contribution >= 4 is 8.07 Å². The van der Waals surface area contributed by atoms with Gasteiger partial charge in [-0.15, -0.1) is 0 Å². The smallest absolute Gasteiger partial charge is 0.0771 e. The van der Waals surface area contributed by atoms with Gasteiger partial charge in [0.15, 0.2) is 0 Å². The molecule has 0 N–H and O–H groups in total. The monoisotopic (exact) mass is 164 g/mol. The molecule has 0 aliphatic heterocycles. The van der Waals surface area contributed by atoms with Crippen LogP contribution in [0.25, 0.3) is 0 Å². The number of hydrogen-bond donors (Lipinski definition) is 0. The van der Waals surface area contributed by atoms with Crippen LogP contribution in [0.15, 0.2) is 35.6 Å². The molecule has 0 heterocycles. The molecular weight excluding hydrogens is 148 g/mol. The third-order valence-corrected chi connectivity index (χ3v) is 3.97. The van der Waals surface area contributed by atoms with Gasteiger partial charge in [-0.05, 0) is 6.42 Å². The van der Waals surface area contributed by atoms with Crippen molar-refractivity contribution < 1.29 is 0 Å². The molecule has 0 aromatic heterocycles. The van der Waals surface area contributed by atoms with Crippen LogP contribution >= 0.6 is 0 Å². The molecule has 0 fully saturated rings. The second-order valence-electron chi connectivity index (χ2n) is 3.93. The molecule has 0 aromatic rings.